The monoisotopic (exact) mass is 351 g/mol. The molecule has 1 aliphatic rings. The van der Waals surface area contributed by atoms with Crippen LogP contribution in [0.3, 0.4) is 0 Å². The van der Waals surface area contributed by atoms with E-state index in [1.54, 1.807) is 23.7 Å². The Morgan fingerprint density at radius 1 is 1.26 bits per heavy atom. The summed E-state index contributed by atoms with van der Waals surface area (Å²) >= 11 is 1.35. The number of aryl methyl sites for hydroxylation is 1. The van der Waals surface area contributed by atoms with Gasteiger partial charge in [-0.05, 0) is 31.0 Å². The Hall–Kier alpha value is -1.77. The smallest absolute Gasteiger partial charge is 0.279 e. The highest BCUT2D eigenvalue weighted by Crippen LogP contribution is 2.21. The molecule has 8 heteroatoms. The summed E-state index contributed by atoms with van der Waals surface area (Å²) in [4.78, 5) is 17.0. The van der Waals surface area contributed by atoms with E-state index in [0.717, 1.165) is 12.8 Å². The maximum absolute atomic E-state index is 12.6. The van der Waals surface area contributed by atoms with Crippen molar-refractivity contribution in [1.29, 1.82) is 0 Å². The maximum Gasteiger partial charge on any atom is 0.279 e. The van der Waals surface area contributed by atoms with Crippen molar-refractivity contribution in [2.45, 2.75) is 17.7 Å². The number of nitrogens with zero attached hydrogens (tertiary/aromatic N) is 3. The van der Waals surface area contributed by atoms with Crippen molar-refractivity contribution in [3.63, 3.8) is 0 Å². The summed E-state index contributed by atoms with van der Waals surface area (Å²) in [6.45, 7) is 1.08. The Morgan fingerprint density at radius 3 is 2.65 bits per heavy atom. The van der Waals surface area contributed by atoms with Gasteiger partial charge in [-0.3, -0.25) is 4.79 Å². The van der Waals surface area contributed by atoms with Gasteiger partial charge >= 0.3 is 0 Å². The molecule has 0 saturated carbocycles. The lowest BCUT2D eigenvalue weighted by Gasteiger charge is -2.15. The third-order valence-electron chi connectivity index (χ3n) is 3.74. The predicted molar refractivity (Wildman–Crippen MR) is 87.6 cm³/mol. The van der Waals surface area contributed by atoms with Crippen molar-refractivity contribution < 1.29 is 13.2 Å². The van der Waals surface area contributed by atoms with Crippen LogP contribution >= 0.6 is 11.3 Å². The fraction of sp³-hybridized carbons (Fsp3) is 0.333. The molecule has 0 aliphatic carbocycles. The van der Waals surface area contributed by atoms with Crippen LogP contribution in [-0.2, 0) is 17.1 Å². The highest BCUT2D eigenvalue weighted by Gasteiger charge is 2.27. The number of rotatable bonds is 3. The lowest BCUT2D eigenvalue weighted by atomic mass is 10.2. The van der Waals surface area contributed by atoms with Crippen LogP contribution in [0.2, 0.25) is 0 Å². The molecular formula is C15H17N3O3S2. The summed E-state index contributed by atoms with van der Waals surface area (Å²) < 4.78 is 28.3. The van der Waals surface area contributed by atoms with E-state index >= 15 is 0 Å². The summed E-state index contributed by atoms with van der Waals surface area (Å²) in [5.74, 6) is -0.443. The normalized spacial score (nSPS) is 16.8. The molecule has 0 spiro atoms. The van der Waals surface area contributed by atoms with Crippen LogP contribution in [0.5, 0.6) is 0 Å². The minimum Gasteiger partial charge on any atom is -0.327 e. The molecular weight excluding hydrogens is 334 g/mol. The Labute approximate surface area is 138 Å². The van der Waals surface area contributed by atoms with Gasteiger partial charge in [-0.15, -0.1) is 11.3 Å². The van der Waals surface area contributed by atoms with E-state index in [1.807, 2.05) is 11.6 Å². The lowest BCUT2D eigenvalue weighted by molar-refractivity contribution is 0.0997. The SMILES string of the molecule is Cn1ccsc1=NC(=O)c1cccc(S(=O)(=O)N2CCCC2)c1. The summed E-state index contributed by atoms with van der Waals surface area (Å²) in [6.07, 6.45) is 3.56. The zero-order valence-electron chi connectivity index (χ0n) is 12.7. The van der Waals surface area contributed by atoms with Crippen molar-refractivity contribution in [2.24, 2.45) is 12.0 Å². The van der Waals surface area contributed by atoms with E-state index in [2.05, 4.69) is 4.99 Å². The molecule has 1 aromatic carbocycles. The first-order valence-electron chi connectivity index (χ1n) is 7.28. The van der Waals surface area contributed by atoms with Gasteiger partial charge in [0.2, 0.25) is 10.0 Å². The van der Waals surface area contributed by atoms with Gasteiger partial charge in [-0.25, -0.2) is 8.42 Å². The van der Waals surface area contributed by atoms with E-state index in [0.29, 0.717) is 17.9 Å². The molecule has 1 aromatic heterocycles. The zero-order valence-corrected chi connectivity index (χ0v) is 14.3. The van der Waals surface area contributed by atoms with Gasteiger partial charge in [0.1, 0.15) is 0 Å². The largest absolute Gasteiger partial charge is 0.327 e. The third kappa shape index (κ3) is 3.29. The van der Waals surface area contributed by atoms with Gasteiger partial charge < -0.3 is 4.57 Å². The molecule has 3 rings (SSSR count). The predicted octanol–water partition coefficient (Wildman–Crippen LogP) is 1.61. The molecule has 1 saturated heterocycles. The number of carbonyl (C=O) groups is 1. The molecule has 23 heavy (non-hydrogen) atoms. The standard InChI is InChI=1S/C15H17N3O3S2/c1-17-9-10-22-15(17)16-14(19)12-5-4-6-13(11-12)23(20,21)18-7-2-3-8-18/h4-6,9-11H,2-3,7-8H2,1H3. The average molecular weight is 351 g/mol. The molecule has 0 atom stereocenters. The number of thiazole rings is 1. The second-order valence-corrected chi connectivity index (χ2v) is 8.16. The third-order valence-corrected chi connectivity index (χ3v) is 6.48. The van der Waals surface area contributed by atoms with Gasteiger partial charge in [-0.2, -0.15) is 9.30 Å². The van der Waals surface area contributed by atoms with E-state index in [-0.39, 0.29) is 10.5 Å². The van der Waals surface area contributed by atoms with Gasteiger partial charge in [0.05, 0.1) is 4.90 Å². The van der Waals surface area contributed by atoms with Crippen molar-refractivity contribution in [3.8, 4) is 0 Å². The molecule has 1 aliphatic heterocycles. The fourth-order valence-electron chi connectivity index (χ4n) is 2.45. The first-order chi connectivity index (χ1) is 11.0. The molecule has 0 bridgehead atoms. The van der Waals surface area contributed by atoms with Crippen molar-refractivity contribution in [1.82, 2.24) is 8.87 Å². The summed E-state index contributed by atoms with van der Waals surface area (Å²) in [6, 6.07) is 6.10. The number of sulfonamides is 1. The second-order valence-electron chi connectivity index (χ2n) is 5.35. The van der Waals surface area contributed by atoms with Crippen LogP contribution in [0.4, 0.5) is 0 Å². The molecule has 0 unspecified atom stereocenters. The van der Waals surface area contributed by atoms with Crippen LogP contribution in [0.25, 0.3) is 0 Å². The topological polar surface area (TPSA) is 71.7 Å². The first kappa shape index (κ1) is 16.1. The lowest BCUT2D eigenvalue weighted by Crippen LogP contribution is -2.28. The van der Waals surface area contributed by atoms with Gasteiger partial charge in [0.25, 0.3) is 5.91 Å². The molecule has 2 aromatic rings. The molecule has 6 nitrogen and oxygen atoms in total. The molecule has 122 valence electrons. The number of aromatic nitrogens is 1. The van der Waals surface area contributed by atoms with E-state index in [9.17, 15) is 13.2 Å². The number of benzene rings is 1. The Morgan fingerprint density at radius 2 is 2.00 bits per heavy atom. The maximum atomic E-state index is 12.6. The van der Waals surface area contributed by atoms with Gasteiger partial charge in [0, 0.05) is 37.3 Å². The number of amides is 1. The Kier molecular flexibility index (Phi) is 4.47. The fourth-order valence-corrected chi connectivity index (χ4v) is 4.74. The van der Waals surface area contributed by atoms with Crippen molar-refractivity contribution >= 4 is 27.3 Å². The van der Waals surface area contributed by atoms with Crippen molar-refractivity contribution in [3.05, 3.63) is 46.2 Å². The Balaban J connectivity index is 1.94. The minimum absolute atomic E-state index is 0.149. The summed E-state index contributed by atoms with van der Waals surface area (Å²) in [7, 11) is -1.73. The zero-order chi connectivity index (χ0) is 16.4. The van der Waals surface area contributed by atoms with Crippen LogP contribution < -0.4 is 4.80 Å². The molecule has 0 N–H and O–H groups in total. The number of hydrogen-bond acceptors (Lipinski definition) is 4. The molecule has 1 fully saturated rings. The first-order valence-corrected chi connectivity index (χ1v) is 9.60. The van der Waals surface area contributed by atoms with E-state index < -0.39 is 15.9 Å². The van der Waals surface area contributed by atoms with E-state index in [4.69, 9.17) is 0 Å². The molecule has 0 radical (unpaired) electrons. The van der Waals surface area contributed by atoms with Gasteiger partial charge in [-0.1, -0.05) is 6.07 Å². The summed E-state index contributed by atoms with van der Waals surface area (Å²) in [5.41, 5.74) is 0.277. The number of hydrogen-bond donors (Lipinski definition) is 0. The van der Waals surface area contributed by atoms with Gasteiger partial charge in [0.15, 0.2) is 4.80 Å². The molecule has 2 heterocycles. The van der Waals surface area contributed by atoms with Crippen LogP contribution in [0.1, 0.15) is 23.2 Å². The highest BCUT2D eigenvalue weighted by atomic mass is 32.2. The van der Waals surface area contributed by atoms with Crippen LogP contribution in [-0.4, -0.2) is 36.3 Å². The Bertz CT molecular complexity index is 890. The van der Waals surface area contributed by atoms with Crippen molar-refractivity contribution in [2.75, 3.05) is 13.1 Å². The minimum atomic E-state index is -3.53. The van der Waals surface area contributed by atoms with E-state index in [1.165, 1.54) is 27.8 Å². The highest BCUT2D eigenvalue weighted by molar-refractivity contribution is 7.89. The average Bonchev–Trinajstić information content (AvgIpc) is 3.20. The number of carbonyl (C=O) groups excluding carboxylic acids is 1. The quantitative estimate of drug-likeness (QED) is 0.843. The summed E-state index contributed by atoms with van der Waals surface area (Å²) in [5, 5.41) is 1.83. The van der Waals surface area contributed by atoms with Crippen LogP contribution in [0.15, 0.2) is 45.7 Å². The molecule has 1 amide bonds. The van der Waals surface area contributed by atoms with Crippen LogP contribution in [0, 0.1) is 0 Å². The second kappa shape index (κ2) is 6.38.